The lowest BCUT2D eigenvalue weighted by Gasteiger charge is -1.74. The van der Waals surface area contributed by atoms with Gasteiger partial charge in [0.05, 0.1) is 4.60 Å². The maximum absolute atomic E-state index is 3.33. The van der Waals surface area contributed by atoms with Crippen LogP contribution in [0.15, 0.2) is 22.9 Å². The molecule has 3 heteroatoms. The number of aromatic nitrogens is 2. The summed E-state index contributed by atoms with van der Waals surface area (Å²) < 4.78 is 1.02. The summed E-state index contributed by atoms with van der Waals surface area (Å²) in [4.78, 5) is 6.15. The molecule has 2 aromatic heterocycles. The molecule has 2 rings (SSSR count). The number of aromatic amines is 2. The van der Waals surface area contributed by atoms with Crippen molar-refractivity contribution in [2.75, 3.05) is 0 Å². The summed E-state index contributed by atoms with van der Waals surface area (Å²) in [6, 6.07) is 4.06. The van der Waals surface area contributed by atoms with Crippen molar-refractivity contribution >= 4 is 27.0 Å². The number of hydrogen-bond donors (Lipinski definition) is 2. The first-order chi connectivity index (χ1) is 4.36. The van der Waals surface area contributed by atoms with Crippen LogP contribution in [0.5, 0.6) is 0 Å². The summed E-state index contributed by atoms with van der Waals surface area (Å²) in [6.07, 6.45) is 1.91. The maximum atomic E-state index is 3.33. The molecule has 2 N–H and O–H groups in total. The lowest BCUT2D eigenvalue weighted by molar-refractivity contribution is 1.32. The van der Waals surface area contributed by atoms with Gasteiger partial charge < -0.3 is 9.97 Å². The molecule has 0 atom stereocenters. The number of rotatable bonds is 0. The molecule has 0 bridgehead atoms. The van der Waals surface area contributed by atoms with Crippen molar-refractivity contribution in [3.63, 3.8) is 0 Å². The zero-order valence-electron chi connectivity index (χ0n) is 4.61. The SMILES string of the molecule is Brc1cc2cc[nH]c2[nH]1. The summed E-state index contributed by atoms with van der Waals surface area (Å²) in [6.45, 7) is 0. The van der Waals surface area contributed by atoms with E-state index in [2.05, 4.69) is 25.9 Å². The molecule has 0 amide bonds. The van der Waals surface area contributed by atoms with Gasteiger partial charge in [0.25, 0.3) is 0 Å². The molecular weight excluding hydrogens is 180 g/mol. The predicted molar refractivity (Wildman–Crippen MR) is 40.3 cm³/mol. The van der Waals surface area contributed by atoms with E-state index in [0.717, 1.165) is 10.3 Å². The Balaban J connectivity index is 2.92. The highest BCUT2D eigenvalue weighted by atomic mass is 79.9. The Labute approximate surface area is 60.4 Å². The van der Waals surface area contributed by atoms with Crippen LogP contribution in [-0.4, -0.2) is 9.97 Å². The lowest BCUT2D eigenvalue weighted by Crippen LogP contribution is -1.62. The van der Waals surface area contributed by atoms with E-state index in [1.807, 2.05) is 18.3 Å². The van der Waals surface area contributed by atoms with Gasteiger partial charge in [-0.15, -0.1) is 0 Å². The van der Waals surface area contributed by atoms with Crippen LogP contribution >= 0.6 is 15.9 Å². The van der Waals surface area contributed by atoms with E-state index in [1.54, 1.807) is 0 Å². The Morgan fingerprint density at radius 1 is 1.44 bits per heavy atom. The molecule has 9 heavy (non-hydrogen) atoms. The smallest absolute Gasteiger partial charge is 0.115 e. The Morgan fingerprint density at radius 2 is 2.33 bits per heavy atom. The number of fused-ring (bicyclic) bond motifs is 1. The average Bonchev–Trinajstić information content (AvgIpc) is 2.22. The zero-order chi connectivity index (χ0) is 6.27. The molecule has 0 aliphatic rings. The van der Waals surface area contributed by atoms with Gasteiger partial charge >= 0.3 is 0 Å². The van der Waals surface area contributed by atoms with Gasteiger partial charge in [0.2, 0.25) is 0 Å². The molecule has 0 spiro atoms. The van der Waals surface area contributed by atoms with Gasteiger partial charge in [-0.05, 0) is 28.1 Å². The minimum Gasteiger partial charge on any atom is -0.348 e. The topological polar surface area (TPSA) is 31.6 Å². The fourth-order valence-corrected chi connectivity index (χ4v) is 1.35. The van der Waals surface area contributed by atoms with Crippen LogP contribution in [0.3, 0.4) is 0 Å². The molecule has 0 saturated carbocycles. The van der Waals surface area contributed by atoms with Crippen molar-refractivity contribution in [2.45, 2.75) is 0 Å². The van der Waals surface area contributed by atoms with E-state index in [-0.39, 0.29) is 0 Å². The monoisotopic (exact) mass is 184 g/mol. The molecule has 46 valence electrons. The van der Waals surface area contributed by atoms with Crippen molar-refractivity contribution in [1.29, 1.82) is 0 Å². The van der Waals surface area contributed by atoms with Crippen molar-refractivity contribution in [2.24, 2.45) is 0 Å². The molecule has 2 nitrogen and oxygen atoms in total. The van der Waals surface area contributed by atoms with Gasteiger partial charge in [-0.3, -0.25) is 0 Å². The molecule has 2 aromatic rings. The molecule has 0 unspecified atom stereocenters. The molecular formula is C6H5BrN2. The van der Waals surface area contributed by atoms with E-state index in [4.69, 9.17) is 0 Å². The van der Waals surface area contributed by atoms with E-state index >= 15 is 0 Å². The molecule has 0 radical (unpaired) electrons. The Kier molecular flexibility index (Phi) is 0.931. The van der Waals surface area contributed by atoms with Gasteiger partial charge in [0.15, 0.2) is 0 Å². The summed E-state index contributed by atoms with van der Waals surface area (Å²) in [5.74, 6) is 0. The second-order valence-corrected chi connectivity index (χ2v) is 2.78. The number of H-pyrrole nitrogens is 2. The minimum atomic E-state index is 1.02. The molecule has 0 aliphatic heterocycles. The molecule has 0 aromatic carbocycles. The molecule has 2 heterocycles. The van der Waals surface area contributed by atoms with Gasteiger partial charge in [-0.25, -0.2) is 0 Å². The second kappa shape index (κ2) is 1.64. The van der Waals surface area contributed by atoms with Crippen molar-refractivity contribution in [1.82, 2.24) is 9.97 Å². The Morgan fingerprint density at radius 3 is 3.11 bits per heavy atom. The van der Waals surface area contributed by atoms with E-state index in [1.165, 1.54) is 5.39 Å². The van der Waals surface area contributed by atoms with Crippen molar-refractivity contribution < 1.29 is 0 Å². The third-order valence-corrected chi connectivity index (χ3v) is 1.73. The van der Waals surface area contributed by atoms with E-state index in [0.29, 0.717) is 0 Å². The lowest BCUT2D eigenvalue weighted by atomic mass is 10.4. The second-order valence-electron chi connectivity index (χ2n) is 1.93. The van der Waals surface area contributed by atoms with Crippen LogP contribution in [0.2, 0.25) is 0 Å². The van der Waals surface area contributed by atoms with Crippen LogP contribution in [0, 0.1) is 0 Å². The van der Waals surface area contributed by atoms with Gasteiger partial charge in [-0.1, -0.05) is 0 Å². The van der Waals surface area contributed by atoms with Gasteiger partial charge in [0, 0.05) is 11.6 Å². The van der Waals surface area contributed by atoms with Gasteiger partial charge in [-0.2, -0.15) is 0 Å². The van der Waals surface area contributed by atoms with Crippen LogP contribution in [0.25, 0.3) is 11.0 Å². The number of hydrogen-bond acceptors (Lipinski definition) is 0. The van der Waals surface area contributed by atoms with Crippen LogP contribution < -0.4 is 0 Å². The van der Waals surface area contributed by atoms with Crippen LogP contribution in [0.4, 0.5) is 0 Å². The summed E-state index contributed by atoms with van der Waals surface area (Å²) in [5.41, 5.74) is 1.07. The largest absolute Gasteiger partial charge is 0.348 e. The van der Waals surface area contributed by atoms with Gasteiger partial charge in [0.1, 0.15) is 5.65 Å². The number of nitrogens with one attached hydrogen (secondary N) is 2. The highest BCUT2D eigenvalue weighted by Crippen LogP contribution is 2.16. The average molecular weight is 185 g/mol. The summed E-state index contributed by atoms with van der Waals surface area (Å²) >= 11 is 3.33. The molecule has 0 aliphatic carbocycles. The Hall–Kier alpha value is -0.700. The third kappa shape index (κ3) is 0.685. The van der Waals surface area contributed by atoms with Crippen LogP contribution in [0.1, 0.15) is 0 Å². The van der Waals surface area contributed by atoms with E-state index < -0.39 is 0 Å². The number of halogens is 1. The first kappa shape index (κ1) is 5.11. The maximum Gasteiger partial charge on any atom is 0.115 e. The highest BCUT2D eigenvalue weighted by Gasteiger charge is 1.95. The van der Waals surface area contributed by atoms with Crippen LogP contribution in [-0.2, 0) is 0 Å². The first-order valence-corrected chi connectivity index (χ1v) is 3.47. The summed E-state index contributed by atoms with van der Waals surface area (Å²) in [5, 5.41) is 1.21. The first-order valence-electron chi connectivity index (χ1n) is 2.68. The fraction of sp³-hybridized carbons (Fsp3) is 0. The van der Waals surface area contributed by atoms with E-state index in [9.17, 15) is 0 Å². The summed E-state index contributed by atoms with van der Waals surface area (Å²) in [7, 11) is 0. The quantitative estimate of drug-likeness (QED) is 0.630. The fourth-order valence-electron chi connectivity index (χ4n) is 0.902. The van der Waals surface area contributed by atoms with Crippen molar-refractivity contribution in [3.8, 4) is 0 Å². The third-order valence-electron chi connectivity index (χ3n) is 1.31. The Bertz CT molecular complexity index is 292. The molecule has 0 saturated heterocycles. The predicted octanol–water partition coefficient (Wildman–Crippen LogP) is 2.26. The minimum absolute atomic E-state index is 1.02. The van der Waals surface area contributed by atoms with Crippen molar-refractivity contribution in [3.05, 3.63) is 22.9 Å². The normalized spacial score (nSPS) is 10.8. The molecule has 0 fully saturated rings. The standard InChI is InChI=1S/C6H5BrN2/c7-5-3-4-1-2-8-6(4)9-5/h1-3,8-9H. The zero-order valence-corrected chi connectivity index (χ0v) is 6.20. The highest BCUT2D eigenvalue weighted by molar-refractivity contribution is 9.10.